The van der Waals surface area contributed by atoms with E-state index >= 15 is 0 Å². The monoisotopic (exact) mass is 234 g/mol. The van der Waals surface area contributed by atoms with Crippen molar-refractivity contribution < 1.29 is 14.6 Å². The van der Waals surface area contributed by atoms with Crippen LogP contribution in [0.2, 0.25) is 0 Å². The largest absolute Gasteiger partial charge is 0.490 e. The van der Waals surface area contributed by atoms with Crippen LogP contribution in [0.1, 0.15) is 49.5 Å². The molecule has 0 saturated heterocycles. The molecular weight excluding hydrogens is 216 g/mol. The van der Waals surface area contributed by atoms with Crippen LogP contribution in [0.3, 0.4) is 0 Å². The van der Waals surface area contributed by atoms with Gasteiger partial charge in [-0.25, -0.2) is 4.79 Å². The Kier molecular flexibility index (Phi) is 2.86. The fourth-order valence-corrected chi connectivity index (χ4v) is 1.74. The van der Waals surface area contributed by atoms with Crippen LogP contribution in [0.4, 0.5) is 0 Å². The second kappa shape index (κ2) is 4.06. The summed E-state index contributed by atoms with van der Waals surface area (Å²) in [5, 5.41) is 9.00. The highest BCUT2D eigenvalue weighted by molar-refractivity contribution is 5.88. The number of hydrogen-bond acceptors (Lipinski definition) is 2. The third-order valence-electron chi connectivity index (χ3n) is 2.85. The number of carboxylic acid groups (broad SMARTS) is 1. The quantitative estimate of drug-likeness (QED) is 0.873. The summed E-state index contributed by atoms with van der Waals surface area (Å²) >= 11 is 0. The van der Waals surface area contributed by atoms with Crippen molar-refractivity contribution in [2.24, 2.45) is 0 Å². The summed E-state index contributed by atoms with van der Waals surface area (Å²) in [5.74, 6) is -0.189. The first kappa shape index (κ1) is 12.0. The summed E-state index contributed by atoms with van der Waals surface area (Å²) in [7, 11) is 0. The summed E-state index contributed by atoms with van der Waals surface area (Å²) < 4.78 is 5.81. The molecule has 0 unspecified atom stereocenters. The lowest BCUT2D eigenvalue weighted by atomic mass is 9.86. The summed E-state index contributed by atoms with van der Waals surface area (Å²) in [6.45, 7) is 6.30. The molecule has 3 nitrogen and oxygen atoms in total. The van der Waals surface area contributed by atoms with E-state index in [1.807, 2.05) is 6.07 Å². The average Bonchev–Trinajstić information content (AvgIpc) is 2.99. The molecule has 1 fully saturated rings. The van der Waals surface area contributed by atoms with Gasteiger partial charge < -0.3 is 9.84 Å². The van der Waals surface area contributed by atoms with E-state index in [2.05, 4.69) is 20.8 Å². The van der Waals surface area contributed by atoms with Crippen molar-refractivity contribution in [3.05, 3.63) is 29.3 Å². The lowest BCUT2D eigenvalue weighted by molar-refractivity contribution is 0.0696. The summed E-state index contributed by atoms with van der Waals surface area (Å²) in [4.78, 5) is 11.0. The molecule has 1 aromatic rings. The van der Waals surface area contributed by atoms with Crippen molar-refractivity contribution in [3.63, 3.8) is 0 Å². The zero-order valence-electron chi connectivity index (χ0n) is 10.5. The Morgan fingerprint density at radius 2 is 2.00 bits per heavy atom. The molecular formula is C14H18O3. The van der Waals surface area contributed by atoms with E-state index in [0.717, 1.165) is 24.2 Å². The van der Waals surface area contributed by atoms with Gasteiger partial charge in [-0.3, -0.25) is 0 Å². The van der Waals surface area contributed by atoms with Gasteiger partial charge in [-0.05, 0) is 36.0 Å². The molecule has 1 aliphatic carbocycles. The Morgan fingerprint density at radius 3 is 2.47 bits per heavy atom. The van der Waals surface area contributed by atoms with Gasteiger partial charge in [0.05, 0.1) is 11.7 Å². The number of ether oxygens (including phenoxy) is 1. The molecule has 3 heteroatoms. The lowest BCUT2D eigenvalue weighted by Gasteiger charge is -2.23. The first-order valence-electron chi connectivity index (χ1n) is 5.92. The van der Waals surface area contributed by atoms with Gasteiger partial charge in [0.15, 0.2) is 0 Å². The minimum Gasteiger partial charge on any atom is -0.490 e. The number of rotatable bonds is 3. The summed E-state index contributed by atoms with van der Waals surface area (Å²) in [5.41, 5.74) is 1.31. The van der Waals surface area contributed by atoms with Crippen LogP contribution in [0.15, 0.2) is 18.2 Å². The Labute approximate surface area is 101 Å². The molecule has 2 rings (SSSR count). The number of benzene rings is 1. The maximum Gasteiger partial charge on any atom is 0.335 e. The number of aromatic carboxylic acids is 1. The van der Waals surface area contributed by atoms with E-state index in [1.165, 1.54) is 0 Å². The molecule has 1 N–H and O–H groups in total. The molecule has 0 aromatic heterocycles. The fourth-order valence-electron chi connectivity index (χ4n) is 1.74. The van der Waals surface area contributed by atoms with Crippen LogP contribution in [0, 0.1) is 0 Å². The van der Waals surface area contributed by atoms with Gasteiger partial charge in [0.1, 0.15) is 5.75 Å². The minimum atomic E-state index is -0.911. The zero-order chi connectivity index (χ0) is 12.6. The van der Waals surface area contributed by atoms with Crippen LogP contribution in [0.25, 0.3) is 0 Å². The predicted octanol–water partition coefficient (Wildman–Crippen LogP) is 3.22. The first-order chi connectivity index (χ1) is 7.88. The van der Waals surface area contributed by atoms with E-state index in [0.29, 0.717) is 0 Å². The summed E-state index contributed by atoms with van der Waals surface area (Å²) in [6.07, 6.45) is 2.42. The Balaban J connectivity index is 2.39. The highest BCUT2D eigenvalue weighted by atomic mass is 16.5. The SMILES string of the molecule is CC(C)(C)c1ccc(C(=O)O)cc1OC1CC1. The lowest BCUT2D eigenvalue weighted by Crippen LogP contribution is -2.15. The van der Waals surface area contributed by atoms with Crippen molar-refractivity contribution in [2.45, 2.75) is 45.1 Å². The molecule has 92 valence electrons. The van der Waals surface area contributed by atoms with E-state index in [4.69, 9.17) is 9.84 Å². The van der Waals surface area contributed by atoms with E-state index in [9.17, 15) is 4.79 Å². The van der Waals surface area contributed by atoms with Crippen LogP contribution >= 0.6 is 0 Å². The number of hydrogen-bond donors (Lipinski definition) is 1. The smallest absolute Gasteiger partial charge is 0.335 e. The van der Waals surface area contributed by atoms with Crippen LogP contribution in [0.5, 0.6) is 5.75 Å². The highest BCUT2D eigenvalue weighted by Gasteiger charge is 2.27. The fraction of sp³-hybridized carbons (Fsp3) is 0.500. The van der Waals surface area contributed by atoms with Gasteiger partial charge in [-0.2, -0.15) is 0 Å². The molecule has 0 bridgehead atoms. The zero-order valence-corrected chi connectivity index (χ0v) is 10.5. The predicted molar refractivity (Wildman–Crippen MR) is 65.8 cm³/mol. The molecule has 1 aromatic carbocycles. The van der Waals surface area contributed by atoms with Gasteiger partial charge in [0, 0.05) is 0 Å². The second-order valence-electron chi connectivity index (χ2n) is 5.58. The van der Waals surface area contributed by atoms with Gasteiger partial charge >= 0.3 is 5.97 Å². The van der Waals surface area contributed by atoms with Gasteiger partial charge in [0.2, 0.25) is 0 Å². The van der Waals surface area contributed by atoms with Crippen molar-refractivity contribution >= 4 is 5.97 Å². The van der Waals surface area contributed by atoms with Gasteiger partial charge in [0.25, 0.3) is 0 Å². The molecule has 0 amide bonds. The molecule has 0 aliphatic heterocycles. The standard InChI is InChI=1S/C14H18O3/c1-14(2,3)11-7-4-9(13(15)16)8-12(11)17-10-5-6-10/h4,7-8,10H,5-6H2,1-3H3,(H,15,16). The molecule has 0 heterocycles. The third kappa shape index (κ3) is 2.78. The average molecular weight is 234 g/mol. The van der Waals surface area contributed by atoms with E-state index in [-0.39, 0.29) is 17.1 Å². The van der Waals surface area contributed by atoms with Crippen molar-refractivity contribution in [2.75, 3.05) is 0 Å². The molecule has 17 heavy (non-hydrogen) atoms. The first-order valence-corrected chi connectivity index (χ1v) is 5.92. The molecule has 1 aliphatic rings. The van der Waals surface area contributed by atoms with Gasteiger partial charge in [-0.1, -0.05) is 26.8 Å². The van der Waals surface area contributed by atoms with Crippen LogP contribution in [-0.4, -0.2) is 17.2 Å². The highest BCUT2D eigenvalue weighted by Crippen LogP contribution is 2.36. The minimum absolute atomic E-state index is 0.0404. The molecule has 0 radical (unpaired) electrons. The van der Waals surface area contributed by atoms with Crippen LogP contribution in [-0.2, 0) is 5.41 Å². The van der Waals surface area contributed by atoms with Crippen molar-refractivity contribution in [1.29, 1.82) is 0 Å². The van der Waals surface area contributed by atoms with Crippen molar-refractivity contribution in [1.82, 2.24) is 0 Å². The Hall–Kier alpha value is -1.51. The van der Waals surface area contributed by atoms with Crippen LogP contribution < -0.4 is 4.74 Å². The number of carbonyl (C=O) groups is 1. The topological polar surface area (TPSA) is 46.5 Å². The molecule has 1 saturated carbocycles. The number of carboxylic acids is 1. The molecule has 0 spiro atoms. The van der Waals surface area contributed by atoms with E-state index < -0.39 is 5.97 Å². The Morgan fingerprint density at radius 1 is 1.35 bits per heavy atom. The maximum atomic E-state index is 11.0. The van der Waals surface area contributed by atoms with Crippen molar-refractivity contribution in [3.8, 4) is 5.75 Å². The summed E-state index contributed by atoms with van der Waals surface area (Å²) in [6, 6.07) is 5.14. The van der Waals surface area contributed by atoms with E-state index in [1.54, 1.807) is 12.1 Å². The third-order valence-corrected chi connectivity index (χ3v) is 2.85. The second-order valence-corrected chi connectivity index (χ2v) is 5.58. The maximum absolute atomic E-state index is 11.0. The molecule has 0 atom stereocenters. The normalized spacial score (nSPS) is 15.7. The Bertz CT molecular complexity index is 439. The van der Waals surface area contributed by atoms with Gasteiger partial charge in [-0.15, -0.1) is 0 Å².